The minimum atomic E-state index is -0.834. The Kier molecular flexibility index (Phi) is 6.90. The van der Waals surface area contributed by atoms with E-state index in [-0.39, 0.29) is 17.0 Å². The van der Waals surface area contributed by atoms with Crippen LogP contribution in [-0.2, 0) is 14.3 Å². The van der Waals surface area contributed by atoms with Crippen molar-refractivity contribution in [3.05, 3.63) is 58.3 Å². The molecule has 0 saturated carbocycles. The zero-order valence-electron chi connectivity index (χ0n) is 15.5. The average Bonchev–Trinajstić information content (AvgIpc) is 2.60. The van der Waals surface area contributed by atoms with E-state index in [0.29, 0.717) is 4.47 Å². The minimum Gasteiger partial charge on any atom is -0.453 e. The van der Waals surface area contributed by atoms with Gasteiger partial charge in [0.1, 0.15) is 11.6 Å². The zero-order chi connectivity index (χ0) is 20.9. The summed E-state index contributed by atoms with van der Waals surface area (Å²) in [6.07, 6.45) is 0. The molecule has 0 heterocycles. The van der Waals surface area contributed by atoms with E-state index in [2.05, 4.69) is 21.2 Å². The van der Waals surface area contributed by atoms with Gasteiger partial charge in [0.2, 0.25) is 0 Å². The second-order valence-corrected chi connectivity index (χ2v) is 7.82. The van der Waals surface area contributed by atoms with Crippen LogP contribution in [0.2, 0.25) is 0 Å². The van der Waals surface area contributed by atoms with Crippen molar-refractivity contribution >= 4 is 39.5 Å². The Morgan fingerprint density at radius 2 is 1.82 bits per heavy atom. The van der Waals surface area contributed by atoms with E-state index < -0.39 is 35.7 Å². The number of hydrogen-bond acceptors (Lipinski definition) is 5. The van der Waals surface area contributed by atoms with Crippen molar-refractivity contribution in [3.8, 4) is 5.75 Å². The van der Waals surface area contributed by atoms with Crippen LogP contribution in [0.4, 0.5) is 10.1 Å². The van der Waals surface area contributed by atoms with E-state index in [4.69, 9.17) is 9.47 Å². The molecule has 2 rings (SSSR count). The highest BCUT2D eigenvalue weighted by Crippen LogP contribution is 2.25. The summed E-state index contributed by atoms with van der Waals surface area (Å²) in [7, 11) is 0. The molecule has 148 valence electrons. The summed E-state index contributed by atoms with van der Waals surface area (Å²) in [6.45, 7) is 4.38. The van der Waals surface area contributed by atoms with Crippen LogP contribution in [0.25, 0.3) is 0 Å². The monoisotopic (exact) mass is 451 g/mol. The van der Waals surface area contributed by atoms with E-state index in [1.54, 1.807) is 26.8 Å². The van der Waals surface area contributed by atoms with Crippen LogP contribution in [0.3, 0.4) is 0 Å². The van der Waals surface area contributed by atoms with Crippen molar-refractivity contribution in [3.63, 3.8) is 0 Å². The maximum atomic E-state index is 13.3. The molecule has 0 bridgehead atoms. The average molecular weight is 452 g/mol. The van der Waals surface area contributed by atoms with Crippen LogP contribution < -0.4 is 10.1 Å². The Labute approximate surface area is 170 Å². The number of halogens is 2. The van der Waals surface area contributed by atoms with Crippen LogP contribution in [0.1, 0.15) is 31.1 Å². The smallest absolute Gasteiger partial charge is 0.349 e. The van der Waals surface area contributed by atoms with E-state index >= 15 is 0 Å². The molecule has 0 fully saturated rings. The Balaban J connectivity index is 2.12. The molecule has 0 radical (unpaired) electrons. The number of rotatable bonds is 5. The Hall–Kier alpha value is -2.74. The fourth-order valence-corrected chi connectivity index (χ4v) is 2.39. The van der Waals surface area contributed by atoms with Gasteiger partial charge in [0, 0.05) is 10.2 Å². The second-order valence-electron chi connectivity index (χ2n) is 6.91. The highest BCUT2D eigenvalue weighted by atomic mass is 79.9. The molecule has 2 aromatic carbocycles. The lowest BCUT2D eigenvalue weighted by Gasteiger charge is -2.16. The molecule has 1 amide bonds. The van der Waals surface area contributed by atoms with Gasteiger partial charge in [-0.25, -0.2) is 9.18 Å². The van der Waals surface area contributed by atoms with Gasteiger partial charge < -0.3 is 14.8 Å². The summed E-state index contributed by atoms with van der Waals surface area (Å²) in [5.41, 5.74) is -0.455. The van der Waals surface area contributed by atoms with Gasteiger partial charge in [0.25, 0.3) is 5.91 Å². The molecule has 0 saturated heterocycles. The number of ether oxygens (including phenoxy) is 2. The number of hydrogen-bond donors (Lipinski definition) is 1. The summed E-state index contributed by atoms with van der Waals surface area (Å²) >= 11 is 3.25. The molecule has 0 aliphatic heterocycles. The van der Waals surface area contributed by atoms with E-state index in [0.717, 1.165) is 6.07 Å². The third-order valence-electron chi connectivity index (χ3n) is 3.43. The van der Waals surface area contributed by atoms with Crippen LogP contribution >= 0.6 is 15.9 Å². The fourth-order valence-electron chi connectivity index (χ4n) is 2.03. The highest BCUT2D eigenvalue weighted by molar-refractivity contribution is 9.10. The highest BCUT2D eigenvalue weighted by Gasteiger charge is 2.24. The first-order valence-corrected chi connectivity index (χ1v) is 9.10. The quantitative estimate of drug-likeness (QED) is 0.540. The summed E-state index contributed by atoms with van der Waals surface area (Å²) in [5, 5.41) is 2.53. The number of amides is 1. The minimum absolute atomic E-state index is 0.0195. The van der Waals surface area contributed by atoms with Gasteiger partial charge in [-0.2, -0.15) is 0 Å². The van der Waals surface area contributed by atoms with Gasteiger partial charge in [0.15, 0.2) is 6.61 Å². The van der Waals surface area contributed by atoms with Gasteiger partial charge in [-0.3, -0.25) is 9.59 Å². The van der Waals surface area contributed by atoms with Gasteiger partial charge in [-0.1, -0.05) is 22.0 Å². The lowest BCUT2D eigenvalue weighted by atomic mass is 9.97. The first-order valence-electron chi connectivity index (χ1n) is 8.30. The Bertz CT molecular complexity index is 908. The number of esters is 2. The predicted octanol–water partition coefficient (Wildman–Crippen LogP) is 4.34. The van der Waals surface area contributed by atoms with Crippen LogP contribution in [-0.4, -0.2) is 24.5 Å². The number of carbonyl (C=O) groups excluding carboxylic acids is 3. The lowest BCUT2D eigenvalue weighted by Crippen LogP contribution is -2.27. The van der Waals surface area contributed by atoms with Crippen molar-refractivity contribution in [2.24, 2.45) is 5.41 Å². The number of nitrogens with one attached hydrogen (secondary N) is 1. The SMILES string of the molecule is CC(C)(C)C(=O)OCC(=O)Oc1ccc(Br)cc1C(=O)Nc1cccc(F)c1. The van der Waals surface area contributed by atoms with Crippen molar-refractivity contribution < 1.29 is 28.2 Å². The third-order valence-corrected chi connectivity index (χ3v) is 3.92. The molecule has 0 aliphatic carbocycles. The summed E-state index contributed by atoms with van der Waals surface area (Å²) in [5.74, 6) is -2.50. The van der Waals surface area contributed by atoms with Crippen LogP contribution in [0.15, 0.2) is 46.9 Å². The van der Waals surface area contributed by atoms with Crippen molar-refractivity contribution in [2.45, 2.75) is 20.8 Å². The topological polar surface area (TPSA) is 81.7 Å². The molecule has 28 heavy (non-hydrogen) atoms. The molecule has 0 aromatic heterocycles. The largest absolute Gasteiger partial charge is 0.453 e. The van der Waals surface area contributed by atoms with Gasteiger partial charge in [-0.15, -0.1) is 0 Å². The molecule has 6 nitrogen and oxygen atoms in total. The molecular weight excluding hydrogens is 433 g/mol. The van der Waals surface area contributed by atoms with Crippen LogP contribution in [0.5, 0.6) is 5.75 Å². The second kappa shape index (κ2) is 8.97. The molecule has 0 atom stereocenters. The first-order chi connectivity index (χ1) is 13.1. The fraction of sp³-hybridized carbons (Fsp3) is 0.250. The molecule has 8 heteroatoms. The van der Waals surface area contributed by atoms with E-state index in [1.807, 2.05) is 0 Å². The van der Waals surface area contributed by atoms with Gasteiger partial charge in [0.05, 0.1) is 11.0 Å². The predicted molar refractivity (Wildman–Crippen MR) is 105 cm³/mol. The van der Waals surface area contributed by atoms with Crippen LogP contribution in [0, 0.1) is 11.2 Å². The Morgan fingerprint density at radius 1 is 1.11 bits per heavy atom. The summed E-state index contributed by atoms with van der Waals surface area (Å²) in [4.78, 5) is 36.3. The third kappa shape index (κ3) is 6.16. The maximum Gasteiger partial charge on any atom is 0.349 e. The summed E-state index contributed by atoms with van der Waals surface area (Å²) < 4.78 is 24.0. The molecule has 0 unspecified atom stereocenters. The normalized spacial score (nSPS) is 10.9. The number of carbonyl (C=O) groups is 3. The van der Waals surface area contributed by atoms with E-state index in [9.17, 15) is 18.8 Å². The summed E-state index contributed by atoms with van der Waals surface area (Å²) in [6, 6.07) is 9.86. The maximum absolute atomic E-state index is 13.3. The van der Waals surface area contributed by atoms with Crippen molar-refractivity contribution in [1.82, 2.24) is 0 Å². The van der Waals surface area contributed by atoms with Gasteiger partial charge in [-0.05, 0) is 57.2 Å². The molecule has 0 spiro atoms. The first kappa shape index (κ1) is 21.6. The molecular formula is C20H19BrFNO5. The Morgan fingerprint density at radius 3 is 2.46 bits per heavy atom. The van der Waals surface area contributed by atoms with Gasteiger partial charge >= 0.3 is 11.9 Å². The van der Waals surface area contributed by atoms with Crippen molar-refractivity contribution in [1.29, 1.82) is 0 Å². The number of anilines is 1. The number of benzene rings is 2. The standard InChI is InChI=1S/C20H19BrFNO5/c1-20(2,3)19(26)27-11-17(24)28-16-8-7-12(21)9-15(16)18(25)23-14-6-4-5-13(22)10-14/h4-10H,11H2,1-3H3,(H,23,25). The lowest BCUT2D eigenvalue weighted by molar-refractivity contribution is -0.160. The van der Waals surface area contributed by atoms with Crippen molar-refractivity contribution in [2.75, 3.05) is 11.9 Å². The molecule has 1 N–H and O–H groups in total. The molecule has 2 aromatic rings. The zero-order valence-corrected chi connectivity index (χ0v) is 17.1. The van der Waals surface area contributed by atoms with E-state index in [1.165, 1.54) is 30.3 Å². The molecule has 0 aliphatic rings.